The predicted octanol–water partition coefficient (Wildman–Crippen LogP) is 3.28. The van der Waals surface area contributed by atoms with Gasteiger partial charge < -0.3 is 9.84 Å². The average Bonchev–Trinajstić information content (AvgIpc) is 2.55. The van der Waals surface area contributed by atoms with E-state index < -0.39 is 5.97 Å². The van der Waals surface area contributed by atoms with Gasteiger partial charge >= 0.3 is 5.97 Å². The van der Waals surface area contributed by atoms with Gasteiger partial charge in [-0.15, -0.1) is 0 Å². The number of phenolic OH excluding ortho intramolecular Hbond substituents is 1. The van der Waals surface area contributed by atoms with Crippen LogP contribution >= 0.6 is 31.9 Å². The van der Waals surface area contributed by atoms with E-state index in [1.807, 2.05) is 0 Å². The molecule has 0 unspecified atom stereocenters. The fourth-order valence-electron chi connectivity index (χ4n) is 2.09. The summed E-state index contributed by atoms with van der Waals surface area (Å²) in [4.78, 5) is 28.4. The Bertz CT molecular complexity index is 1000. The maximum atomic E-state index is 12.1. The lowest BCUT2D eigenvalue weighted by Gasteiger charge is -2.07. The highest BCUT2D eigenvalue weighted by Gasteiger charge is 2.14. The van der Waals surface area contributed by atoms with E-state index >= 15 is 0 Å². The van der Waals surface area contributed by atoms with Crippen LogP contribution in [-0.2, 0) is 11.3 Å². The summed E-state index contributed by atoms with van der Waals surface area (Å²) >= 11 is 6.51. The fourth-order valence-corrected chi connectivity index (χ4v) is 2.79. The number of halogens is 2. The molecule has 0 radical (unpaired) electrons. The number of carbonyl (C=O) groups excluding carboxylic acids is 1. The highest BCUT2D eigenvalue weighted by Crippen LogP contribution is 2.22. The van der Waals surface area contributed by atoms with Crippen LogP contribution in [0.1, 0.15) is 16.1 Å². The highest BCUT2D eigenvalue weighted by atomic mass is 79.9. The van der Waals surface area contributed by atoms with E-state index in [0.29, 0.717) is 15.8 Å². The average molecular weight is 454 g/mol. The zero-order valence-electron chi connectivity index (χ0n) is 12.1. The Morgan fingerprint density at radius 3 is 2.71 bits per heavy atom. The van der Waals surface area contributed by atoms with Gasteiger partial charge in [-0.2, -0.15) is 0 Å². The van der Waals surface area contributed by atoms with Gasteiger partial charge in [0.15, 0.2) is 0 Å². The van der Waals surface area contributed by atoms with E-state index in [4.69, 9.17) is 4.74 Å². The molecule has 0 aliphatic heterocycles. The number of rotatable bonds is 3. The maximum Gasteiger partial charge on any atom is 0.342 e. The Kier molecular flexibility index (Phi) is 4.68. The Balaban J connectivity index is 1.83. The number of nitrogens with zero attached hydrogens (tertiary/aromatic N) is 2. The zero-order chi connectivity index (χ0) is 17.3. The van der Waals surface area contributed by atoms with Crippen molar-refractivity contribution in [3.05, 3.63) is 73.2 Å². The molecule has 1 aromatic carbocycles. The second-order valence-corrected chi connectivity index (χ2v) is 6.73. The molecule has 0 fully saturated rings. The van der Waals surface area contributed by atoms with Gasteiger partial charge in [-0.3, -0.25) is 9.20 Å². The monoisotopic (exact) mass is 452 g/mol. The second-order valence-electron chi connectivity index (χ2n) is 4.90. The smallest absolute Gasteiger partial charge is 0.342 e. The molecule has 0 bridgehead atoms. The number of phenols is 1. The molecule has 2 aromatic heterocycles. The Morgan fingerprint density at radius 2 is 1.92 bits per heavy atom. The van der Waals surface area contributed by atoms with Crippen LogP contribution in [0, 0.1) is 0 Å². The molecule has 1 N–H and O–H groups in total. The normalized spacial score (nSPS) is 10.8. The number of hydrogen-bond acceptors (Lipinski definition) is 5. The number of carbonyl (C=O) groups is 1. The van der Waals surface area contributed by atoms with Gasteiger partial charge in [-0.1, -0.05) is 15.9 Å². The van der Waals surface area contributed by atoms with Crippen molar-refractivity contribution < 1.29 is 14.6 Å². The van der Waals surface area contributed by atoms with Crippen LogP contribution in [0.4, 0.5) is 0 Å². The molecule has 0 aliphatic rings. The van der Waals surface area contributed by atoms with Crippen LogP contribution in [0.2, 0.25) is 0 Å². The van der Waals surface area contributed by atoms with E-state index in [0.717, 1.165) is 4.47 Å². The number of fused-ring (bicyclic) bond motifs is 1. The molecule has 3 rings (SSSR count). The highest BCUT2D eigenvalue weighted by molar-refractivity contribution is 9.10. The summed E-state index contributed by atoms with van der Waals surface area (Å²) in [5.41, 5.74) is 0.524. The first-order valence-corrected chi connectivity index (χ1v) is 8.36. The number of aromatic nitrogens is 2. The van der Waals surface area contributed by atoms with Crippen LogP contribution in [0.15, 0.2) is 56.3 Å². The quantitative estimate of drug-likeness (QED) is 0.615. The van der Waals surface area contributed by atoms with Gasteiger partial charge in [0.25, 0.3) is 5.56 Å². The number of ether oxygens (including phenoxy) is 1. The van der Waals surface area contributed by atoms with Gasteiger partial charge in [0.05, 0.1) is 5.69 Å². The Morgan fingerprint density at radius 1 is 1.17 bits per heavy atom. The molecule has 24 heavy (non-hydrogen) atoms. The fraction of sp³-hybridized carbons (Fsp3) is 0.0625. The summed E-state index contributed by atoms with van der Waals surface area (Å²) in [7, 11) is 0. The summed E-state index contributed by atoms with van der Waals surface area (Å²) in [6, 6.07) is 9.19. The summed E-state index contributed by atoms with van der Waals surface area (Å²) in [5, 5.41) is 9.72. The van der Waals surface area contributed by atoms with Gasteiger partial charge in [-0.25, -0.2) is 9.78 Å². The van der Waals surface area contributed by atoms with Gasteiger partial charge in [-0.05, 0) is 46.3 Å². The topological polar surface area (TPSA) is 80.9 Å². The molecule has 122 valence electrons. The molecule has 0 aliphatic carbocycles. The lowest BCUT2D eigenvalue weighted by Crippen LogP contribution is -2.16. The van der Waals surface area contributed by atoms with Gasteiger partial charge in [0.1, 0.15) is 23.6 Å². The van der Waals surface area contributed by atoms with Crippen molar-refractivity contribution in [2.45, 2.75) is 6.61 Å². The van der Waals surface area contributed by atoms with E-state index in [1.54, 1.807) is 24.4 Å². The predicted molar refractivity (Wildman–Crippen MR) is 94.1 cm³/mol. The van der Waals surface area contributed by atoms with Crippen LogP contribution in [0.3, 0.4) is 0 Å². The maximum absolute atomic E-state index is 12.1. The number of esters is 1. The van der Waals surface area contributed by atoms with Crippen molar-refractivity contribution in [1.29, 1.82) is 0 Å². The van der Waals surface area contributed by atoms with Crippen LogP contribution < -0.4 is 5.56 Å². The third-order valence-electron chi connectivity index (χ3n) is 3.21. The molecule has 3 aromatic rings. The number of hydrogen-bond donors (Lipinski definition) is 1. The molecule has 2 heterocycles. The standard InChI is InChI=1S/C16H10Br2N2O4/c17-9-1-3-13(21)12(5-9)16(23)24-8-11-6-15(22)20-7-10(18)2-4-14(20)19-11/h1-7,21H,8H2. The van der Waals surface area contributed by atoms with Crippen molar-refractivity contribution in [2.24, 2.45) is 0 Å². The SMILES string of the molecule is O=C(OCc1cc(=O)n2cc(Br)ccc2n1)c1cc(Br)ccc1O. The van der Waals surface area contributed by atoms with Crippen LogP contribution in [0.5, 0.6) is 5.75 Å². The number of pyridine rings is 1. The van der Waals surface area contributed by atoms with E-state index in [-0.39, 0.29) is 23.5 Å². The summed E-state index contributed by atoms with van der Waals surface area (Å²) in [6.07, 6.45) is 1.61. The lowest BCUT2D eigenvalue weighted by molar-refractivity contribution is 0.0464. The van der Waals surface area contributed by atoms with Gasteiger partial charge in [0, 0.05) is 21.2 Å². The Hall–Kier alpha value is -2.19. The van der Waals surface area contributed by atoms with Crippen molar-refractivity contribution in [3.8, 4) is 5.75 Å². The molecule has 0 amide bonds. The Labute approximate surface area is 153 Å². The number of aromatic hydroxyl groups is 1. The van der Waals surface area contributed by atoms with Crippen molar-refractivity contribution in [2.75, 3.05) is 0 Å². The summed E-state index contributed by atoms with van der Waals surface area (Å²) in [6.45, 7) is -0.174. The largest absolute Gasteiger partial charge is 0.507 e. The molecule has 0 saturated heterocycles. The lowest BCUT2D eigenvalue weighted by atomic mass is 10.2. The number of benzene rings is 1. The molecule has 0 saturated carbocycles. The molecule has 6 nitrogen and oxygen atoms in total. The van der Waals surface area contributed by atoms with E-state index in [1.165, 1.54) is 22.6 Å². The summed E-state index contributed by atoms with van der Waals surface area (Å²) in [5.74, 6) is -0.883. The minimum Gasteiger partial charge on any atom is -0.507 e. The first kappa shape index (κ1) is 16.7. The van der Waals surface area contributed by atoms with E-state index in [9.17, 15) is 14.7 Å². The zero-order valence-corrected chi connectivity index (χ0v) is 15.2. The summed E-state index contributed by atoms with van der Waals surface area (Å²) < 4.78 is 7.91. The van der Waals surface area contributed by atoms with E-state index in [2.05, 4.69) is 36.8 Å². The molecule has 0 atom stereocenters. The third-order valence-corrected chi connectivity index (χ3v) is 4.17. The van der Waals surface area contributed by atoms with Gasteiger partial charge in [0.2, 0.25) is 0 Å². The van der Waals surface area contributed by atoms with Crippen molar-refractivity contribution in [1.82, 2.24) is 9.38 Å². The molecular formula is C16H10Br2N2O4. The van der Waals surface area contributed by atoms with Crippen LogP contribution in [-0.4, -0.2) is 20.5 Å². The van der Waals surface area contributed by atoms with Crippen molar-refractivity contribution in [3.63, 3.8) is 0 Å². The minimum atomic E-state index is -0.702. The molecule has 0 spiro atoms. The third kappa shape index (κ3) is 3.49. The first-order valence-electron chi connectivity index (χ1n) is 6.77. The molecule has 8 heteroatoms. The second kappa shape index (κ2) is 6.74. The first-order chi connectivity index (χ1) is 11.4. The molecular weight excluding hydrogens is 444 g/mol. The van der Waals surface area contributed by atoms with Crippen LogP contribution in [0.25, 0.3) is 5.65 Å². The minimum absolute atomic E-state index is 0.0332. The van der Waals surface area contributed by atoms with Crippen molar-refractivity contribution >= 4 is 43.5 Å².